The zero-order valence-corrected chi connectivity index (χ0v) is 25.2. The van der Waals surface area contributed by atoms with Gasteiger partial charge < -0.3 is 18.5 Å². The topological polar surface area (TPSA) is 141 Å². The number of amides is 1. The van der Waals surface area contributed by atoms with Crippen LogP contribution in [0.4, 0.5) is 4.39 Å². The van der Waals surface area contributed by atoms with E-state index in [2.05, 4.69) is 4.72 Å². The van der Waals surface area contributed by atoms with Gasteiger partial charge in [-0.2, -0.15) is 0 Å². The predicted molar refractivity (Wildman–Crippen MR) is 154 cm³/mol. The van der Waals surface area contributed by atoms with Gasteiger partial charge in [-0.1, -0.05) is 18.2 Å². The normalized spacial score (nSPS) is 17.6. The van der Waals surface area contributed by atoms with Crippen molar-refractivity contribution in [1.29, 1.82) is 0 Å². The molecular weight excluding hydrogens is 588 g/mol. The Morgan fingerprint density at radius 2 is 1.74 bits per heavy atom. The molecule has 4 rings (SSSR count). The highest BCUT2D eigenvalue weighted by molar-refractivity contribution is 7.89. The van der Waals surface area contributed by atoms with Crippen molar-refractivity contribution in [2.45, 2.75) is 50.8 Å². The van der Waals surface area contributed by atoms with Crippen LogP contribution >= 0.6 is 7.60 Å². The summed E-state index contributed by atoms with van der Waals surface area (Å²) in [5.74, 6) is -1.52. The van der Waals surface area contributed by atoms with Gasteiger partial charge in [0.05, 0.1) is 42.5 Å². The first kappa shape index (κ1) is 31.7. The Bertz CT molecular complexity index is 1630. The fourth-order valence-corrected chi connectivity index (χ4v) is 7.57. The highest BCUT2D eigenvalue weighted by atomic mass is 32.2. The average Bonchev–Trinajstić information content (AvgIpc) is 3.53. The molecule has 0 aliphatic carbocycles. The molecule has 2 aromatic carbocycles. The van der Waals surface area contributed by atoms with Gasteiger partial charge in [-0.15, -0.1) is 0 Å². The van der Waals surface area contributed by atoms with Crippen molar-refractivity contribution in [2.24, 2.45) is 0 Å². The van der Waals surface area contributed by atoms with Crippen molar-refractivity contribution in [3.8, 4) is 0 Å². The van der Waals surface area contributed by atoms with Crippen LogP contribution in [0.25, 0.3) is 10.9 Å². The van der Waals surface area contributed by atoms with E-state index in [1.165, 1.54) is 42.0 Å². The monoisotopic (exact) mass is 621 g/mol. The van der Waals surface area contributed by atoms with E-state index in [0.717, 1.165) is 4.90 Å². The van der Waals surface area contributed by atoms with Crippen molar-refractivity contribution in [1.82, 2.24) is 14.2 Å². The molecule has 14 heteroatoms. The summed E-state index contributed by atoms with van der Waals surface area (Å²) in [5, 5.41) is 0.689. The molecule has 42 heavy (non-hydrogen) atoms. The number of hydrogen-bond acceptors (Lipinski definition) is 8. The van der Waals surface area contributed by atoms with E-state index in [1.807, 2.05) is 0 Å². The number of aromatic nitrogens is 1. The first-order valence-corrected chi connectivity index (χ1v) is 16.5. The minimum absolute atomic E-state index is 0.0247. The summed E-state index contributed by atoms with van der Waals surface area (Å²) in [5.41, 5.74) is 0.748. The lowest BCUT2D eigenvalue weighted by Gasteiger charge is -2.24. The number of ketones is 2. The van der Waals surface area contributed by atoms with Crippen molar-refractivity contribution >= 4 is 51.3 Å². The van der Waals surface area contributed by atoms with Crippen LogP contribution in [0.2, 0.25) is 0 Å². The van der Waals surface area contributed by atoms with Crippen LogP contribution in [0.15, 0.2) is 59.6 Å². The van der Waals surface area contributed by atoms with E-state index < -0.39 is 48.1 Å². The van der Waals surface area contributed by atoms with Crippen LogP contribution in [0.5, 0.6) is 0 Å². The maximum absolute atomic E-state index is 14.5. The van der Waals surface area contributed by atoms with E-state index in [9.17, 15) is 31.8 Å². The number of halogens is 1. The van der Waals surface area contributed by atoms with E-state index >= 15 is 0 Å². The number of fused-ring (bicyclic) bond motifs is 1. The number of hydrogen-bond donors (Lipinski definition) is 1. The van der Waals surface area contributed by atoms with Crippen molar-refractivity contribution in [3.05, 3.63) is 60.3 Å². The van der Waals surface area contributed by atoms with Gasteiger partial charge in [0.25, 0.3) is 0 Å². The first-order valence-electron chi connectivity index (χ1n) is 13.4. The number of alkyl halides is 1. The Kier molecular flexibility index (Phi) is 9.79. The van der Waals surface area contributed by atoms with Gasteiger partial charge in [-0.3, -0.25) is 18.9 Å². The molecule has 0 radical (unpaired) electrons. The number of nitrogens with zero attached hydrogens (tertiary/aromatic N) is 2. The van der Waals surface area contributed by atoms with Crippen molar-refractivity contribution in [2.75, 3.05) is 26.3 Å². The average molecular weight is 622 g/mol. The van der Waals surface area contributed by atoms with E-state index in [4.69, 9.17) is 9.05 Å². The smallest absolute Gasteiger partial charge is 0.337 e. The third kappa shape index (κ3) is 6.71. The second-order valence-corrected chi connectivity index (χ2v) is 13.6. The van der Waals surface area contributed by atoms with Gasteiger partial charge in [-0.05, 0) is 51.1 Å². The molecule has 1 N–H and O–H groups in total. The number of Topliss-reactive ketones (excluding diaryl/α,β-unsaturated/α-hetero) is 2. The Morgan fingerprint density at radius 3 is 2.36 bits per heavy atom. The number of carbonyl (C=O) groups excluding carboxylic acids is 3. The van der Waals surface area contributed by atoms with Gasteiger partial charge in [0, 0.05) is 29.1 Å². The standard InChI is InChI=1S/C28H33FN3O8PS/c1-4-39-41(36,40-5-2)21-11-12-25-23(14-21)24(19(3)33)17-31(25)18-28(35)32-16-20(29)13-26(32)27(34)15-30-42(37,38)22-9-7-6-8-10-22/h6-12,14,17,20,26,30H,4-5,13,15-16,18H2,1-3H3/t20-,26+/m1/s1. The molecule has 2 atom stereocenters. The molecule has 1 saturated heterocycles. The molecule has 2 heterocycles. The number of benzene rings is 2. The molecular formula is C28H33FN3O8PS. The second-order valence-electron chi connectivity index (χ2n) is 9.76. The molecule has 0 saturated carbocycles. The summed E-state index contributed by atoms with van der Waals surface area (Å²) in [6, 6.07) is 11.0. The van der Waals surface area contributed by atoms with Crippen LogP contribution < -0.4 is 10.0 Å². The molecule has 1 aliphatic heterocycles. The molecule has 11 nitrogen and oxygen atoms in total. The molecule has 0 unspecified atom stereocenters. The number of nitrogens with one attached hydrogen (secondary N) is 1. The third-order valence-corrected chi connectivity index (χ3v) is 10.4. The molecule has 1 amide bonds. The highest BCUT2D eigenvalue weighted by Gasteiger charge is 2.40. The largest absolute Gasteiger partial charge is 0.361 e. The summed E-state index contributed by atoms with van der Waals surface area (Å²) in [6.45, 7) is 3.76. The highest BCUT2D eigenvalue weighted by Crippen LogP contribution is 2.47. The fraction of sp³-hybridized carbons (Fsp3) is 0.393. The Morgan fingerprint density at radius 1 is 1.07 bits per heavy atom. The van der Waals surface area contributed by atoms with Crippen molar-refractivity contribution < 1.29 is 40.8 Å². The lowest BCUT2D eigenvalue weighted by atomic mass is 10.1. The Hall–Kier alpha value is -3.22. The number of sulfonamides is 1. The van der Waals surface area contributed by atoms with E-state index in [0.29, 0.717) is 10.9 Å². The Balaban J connectivity index is 1.56. The van der Waals surface area contributed by atoms with Gasteiger partial charge in [-0.25, -0.2) is 17.5 Å². The summed E-state index contributed by atoms with van der Waals surface area (Å²) >= 11 is 0. The zero-order chi connectivity index (χ0) is 30.7. The minimum Gasteiger partial charge on any atom is -0.337 e. The summed E-state index contributed by atoms with van der Waals surface area (Å²) in [4.78, 5) is 39.9. The SMILES string of the molecule is CCOP(=O)(OCC)c1ccc2c(c1)c(C(C)=O)cn2CC(=O)N1C[C@H](F)C[C@H]1C(=O)CNS(=O)(=O)c1ccccc1. The van der Waals surface area contributed by atoms with E-state index in [-0.39, 0.29) is 54.3 Å². The number of rotatable bonds is 13. The summed E-state index contributed by atoms with van der Waals surface area (Å²) in [7, 11) is -7.63. The lowest BCUT2D eigenvalue weighted by molar-refractivity contribution is -0.137. The number of carbonyl (C=O) groups is 3. The molecule has 226 valence electrons. The number of likely N-dealkylation sites (tertiary alicyclic amines) is 1. The Labute approximate surface area is 243 Å². The maximum Gasteiger partial charge on any atom is 0.361 e. The van der Waals surface area contributed by atoms with Gasteiger partial charge in [0.2, 0.25) is 15.9 Å². The van der Waals surface area contributed by atoms with Crippen molar-refractivity contribution in [3.63, 3.8) is 0 Å². The zero-order valence-electron chi connectivity index (χ0n) is 23.5. The van der Waals surface area contributed by atoms with Crippen LogP contribution in [-0.2, 0) is 39.8 Å². The minimum atomic E-state index is -3.98. The van der Waals surface area contributed by atoms with Gasteiger partial charge in [0.1, 0.15) is 12.7 Å². The summed E-state index contributed by atoms with van der Waals surface area (Å²) in [6.07, 6.45) is -0.234. The van der Waals surface area contributed by atoms with Crippen LogP contribution in [0.1, 0.15) is 37.6 Å². The predicted octanol–water partition coefficient (Wildman–Crippen LogP) is 3.22. The molecule has 1 aromatic heterocycles. The first-order chi connectivity index (χ1) is 19.9. The van der Waals surface area contributed by atoms with Crippen LogP contribution in [0.3, 0.4) is 0 Å². The van der Waals surface area contributed by atoms with Crippen LogP contribution in [-0.4, -0.2) is 73.9 Å². The summed E-state index contributed by atoms with van der Waals surface area (Å²) < 4.78 is 67.4. The lowest BCUT2D eigenvalue weighted by Crippen LogP contribution is -2.45. The van der Waals surface area contributed by atoms with Gasteiger partial charge >= 0.3 is 7.60 Å². The quantitative estimate of drug-likeness (QED) is 0.227. The molecule has 1 fully saturated rings. The third-order valence-electron chi connectivity index (χ3n) is 6.90. The second kappa shape index (κ2) is 13.0. The maximum atomic E-state index is 14.5. The van der Waals surface area contributed by atoms with E-state index in [1.54, 1.807) is 38.1 Å². The fourth-order valence-electron chi connectivity index (χ4n) is 4.96. The molecule has 0 bridgehead atoms. The van der Waals surface area contributed by atoms with Gasteiger partial charge in [0.15, 0.2) is 11.6 Å². The molecule has 0 spiro atoms. The molecule has 3 aromatic rings. The van der Waals surface area contributed by atoms with Crippen LogP contribution in [0, 0.1) is 0 Å². The molecule has 1 aliphatic rings.